The minimum Gasteiger partial charge on any atom is -0.464 e. The topological polar surface area (TPSA) is 49.5 Å². The lowest BCUT2D eigenvalue weighted by Crippen LogP contribution is -2.19. The molecule has 0 amide bonds. The summed E-state index contributed by atoms with van der Waals surface area (Å²) in [4.78, 5) is 6.30. The van der Waals surface area contributed by atoms with Gasteiger partial charge in [-0.1, -0.05) is 6.07 Å². The second-order valence-corrected chi connectivity index (χ2v) is 4.46. The third-order valence-electron chi connectivity index (χ3n) is 2.82. The Kier molecular flexibility index (Phi) is 3.67. The Morgan fingerprint density at radius 3 is 2.78 bits per heavy atom. The van der Waals surface area contributed by atoms with E-state index in [4.69, 9.17) is 4.42 Å². The average Bonchev–Trinajstić information content (AvgIpc) is 2.74. The summed E-state index contributed by atoms with van der Waals surface area (Å²) in [5, 5.41) is 9.73. The third-order valence-corrected chi connectivity index (χ3v) is 2.82. The average molecular weight is 246 g/mol. The molecule has 2 heterocycles. The smallest absolute Gasteiger partial charge is 0.134 e. The second kappa shape index (κ2) is 5.23. The van der Waals surface area contributed by atoms with Crippen LogP contribution in [0.3, 0.4) is 0 Å². The molecule has 2 aromatic heterocycles. The number of furan rings is 1. The van der Waals surface area contributed by atoms with Crippen molar-refractivity contribution in [3.63, 3.8) is 0 Å². The Morgan fingerprint density at radius 2 is 2.17 bits per heavy atom. The number of anilines is 1. The molecule has 0 saturated carbocycles. The molecule has 0 bridgehead atoms. The van der Waals surface area contributed by atoms with E-state index >= 15 is 0 Å². The number of nitrogens with zero attached hydrogens (tertiary/aromatic N) is 2. The van der Waals surface area contributed by atoms with Gasteiger partial charge in [-0.15, -0.1) is 0 Å². The molecule has 96 valence electrons. The van der Waals surface area contributed by atoms with Gasteiger partial charge >= 0.3 is 0 Å². The fraction of sp³-hybridized carbons (Fsp3) is 0.357. The van der Waals surface area contributed by atoms with Crippen molar-refractivity contribution in [3.8, 4) is 0 Å². The Balaban J connectivity index is 2.20. The lowest BCUT2D eigenvalue weighted by atomic mass is 10.1. The fourth-order valence-electron chi connectivity index (χ4n) is 1.93. The van der Waals surface area contributed by atoms with Crippen LogP contribution in [-0.2, 0) is 6.54 Å². The van der Waals surface area contributed by atoms with E-state index in [1.165, 1.54) is 0 Å². The highest BCUT2D eigenvalue weighted by Gasteiger charge is 2.13. The second-order valence-electron chi connectivity index (χ2n) is 4.46. The van der Waals surface area contributed by atoms with Crippen molar-refractivity contribution < 1.29 is 9.52 Å². The van der Waals surface area contributed by atoms with Gasteiger partial charge in [0.25, 0.3) is 0 Å². The van der Waals surface area contributed by atoms with Gasteiger partial charge in [0.2, 0.25) is 0 Å². The maximum Gasteiger partial charge on any atom is 0.134 e. The largest absolute Gasteiger partial charge is 0.464 e. The summed E-state index contributed by atoms with van der Waals surface area (Å²) in [5.74, 6) is 2.56. The molecule has 0 radical (unpaired) electrons. The maximum absolute atomic E-state index is 9.73. The monoisotopic (exact) mass is 246 g/mol. The summed E-state index contributed by atoms with van der Waals surface area (Å²) in [6, 6.07) is 7.61. The molecular formula is C14H18N2O2. The summed E-state index contributed by atoms with van der Waals surface area (Å²) in [5.41, 5.74) is 0.822. The lowest BCUT2D eigenvalue weighted by Gasteiger charge is -2.21. The number of rotatable bonds is 4. The highest BCUT2D eigenvalue weighted by atomic mass is 16.3. The van der Waals surface area contributed by atoms with Crippen LogP contribution in [0.1, 0.15) is 30.1 Å². The van der Waals surface area contributed by atoms with Gasteiger partial charge in [-0.3, -0.25) is 0 Å². The molecule has 4 heteroatoms. The normalized spacial score (nSPS) is 12.4. The minimum absolute atomic E-state index is 0.533. The molecule has 0 unspecified atom stereocenters. The van der Waals surface area contributed by atoms with Gasteiger partial charge < -0.3 is 14.4 Å². The Morgan fingerprint density at radius 1 is 1.39 bits per heavy atom. The van der Waals surface area contributed by atoms with Crippen molar-refractivity contribution in [2.75, 3.05) is 11.9 Å². The van der Waals surface area contributed by atoms with E-state index in [0.29, 0.717) is 6.54 Å². The first-order valence-electron chi connectivity index (χ1n) is 5.97. The van der Waals surface area contributed by atoms with Gasteiger partial charge in [0.15, 0.2) is 0 Å². The van der Waals surface area contributed by atoms with E-state index in [9.17, 15) is 5.11 Å². The van der Waals surface area contributed by atoms with Crippen LogP contribution in [0.25, 0.3) is 0 Å². The third kappa shape index (κ3) is 2.71. The summed E-state index contributed by atoms with van der Waals surface area (Å²) in [7, 11) is 1.94. The first kappa shape index (κ1) is 12.6. The van der Waals surface area contributed by atoms with Crippen LogP contribution in [0.2, 0.25) is 0 Å². The van der Waals surface area contributed by atoms with Gasteiger partial charge in [-0.25, -0.2) is 4.98 Å². The summed E-state index contributed by atoms with van der Waals surface area (Å²) < 4.78 is 5.54. The molecule has 2 rings (SSSR count). The molecular weight excluding hydrogens is 228 g/mol. The van der Waals surface area contributed by atoms with Crippen LogP contribution < -0.4 is 4.90 Å². The maximum atomic E-state index is 9.73. The van der Waals surface area contributed by atoms with Crippen LogP contribution in [0.5, 0.6) is 0 Å². The molecule has 0 saturated heterocycles. The number of aromatic nitrogens is 1. The first-order chi connectivity index (χ1) is 8.58. The Bertz CT molecular complexity index is 520. The summed E-state index contributed by atoms with van der Waals surface area (Å²) in [6.45, 7) is 4.29. The number of aliphatic hydroxyl groups excluding tert-OH is 1. The zero-order valence-corrected chi connectivity index (χ0v) is 10.9. The first-order valence-corrected chi connectivity index (χ1v) is 5.97. The Hall–Kier alpha value is -1.81. The van der Waals surface area contributed by atoms with E-state index in [0.717, 1.165) is 22.9 Å². The van der Waals surface area contributed by atoms with Crippen molar-refractivity contribution in [1.82, 2.24) is 4.98 Å². The zero-order chi connectivity index (χ0) is 13.1. The Labute approximate surface area is 107 Å². The summed E-state index contributed by atoms with van der Waals surface area (Å²) in [6.07, 6.45) is 1.19. The molecule has 0 fully saturated rings. The molecule has 0 aromatic carbocycles. The fourth-order valence-corrected chi connectivity index (χ4v) is 1.93. The molecule has 4 nitrogen and oxygen atoms in total. The van der Waals surface area contributed by atoms with Crippen LogP contribution in [0.4, 0.5) is 5.82 Å². The number of aryl methyl sites for hydroxylation is 1. The van der Waals surface area contributed by atoms with Crippen LogP contribution in [0.15, 0.2) is 34.9 Å². The lowest BCUT2D eigenvalue weighted by molar-refractivity contribution is 0.199. The van der Waals surface area contributed by atoms with E-state index in [-0.39, 0.29) is 0 Å². The van der Waals surface area contributed by atoms with Gasteiger partial charge in [-0.2, -0.15) is 0 Å². The van der Waals surface area contributed by atoms with Gasteiger partial charge in [-0.05, 0) is 32.0 Å². The predicted molar refractivity (Wildman–Crippen MR) is 70.4 cm³/mol. The molecule has 0 spiro atoms. The molecule has 0 aliphatic rings. The highest BCUT2D eigenvalue weighted by molar-refractivity contribution is 5.47. The summed E-state index contributed by atoms with van der Waals surface area (Å²) >= 11 is 0. The standard InChI is InChI=1S/C14H18N2O2/c1-10-6-7-12(18-10)9-16(3)14-13(11(2)17)5-4-8-15-14/h4-8,11,17H,9H2,1-3H3/t11-/m0/s1. The number of aliphatic hydroxyl groups is 1. The minimum atomic E-state index is -0.533. The van der Waals surface area contributed by atoms with Crippen LogP contribution in [0, 0.1) is 6.92 Å². The zero-order valence-electron chi connectivity index (χ0n) is 10.9. The predicted octanol–water partition coefficient (Wildman–Crippen LogP) is 2.67. The quantitative estimate of drug-likeness (QED) is 0.901. The van der Waals surface area contributed by atoms with Crippen LogP contribution in [-0.4, -0.2) is 17.1 Å². The van der Waals surface area contributed by atoms with E-state index in [1.807, 2.05) is 43.1 Å². The molecule has 18 heavy (non-hydrogen) atoms. The van der Waals surface area contributed by atoms with Gasteiger partial charge in [0, 0.05) is 18.8 Å². The molecule has 0 aliphatic heterocycles. The number of hydrogen-bond donors (Lipinski definition) is 1. The molecule has 0 aliphatic carbocycles. The van der Waals surface area contributed by atoms with Crippen molar-refractivity contribution >= 4 is 5.82 Å². The SMILES string of the molecule is Cc1ccc(CN(C)c2ncccc2[C@H](C)O)o1. The number of pyridine rings is 1. The van der Waals surface area contributed by atoms with E-state index in [1.54, 1.807) is 13.1 Å². The van der Waals surface area contributed by atoms with Gasteiger partial charge in [0.05, 0.1) is 12.6 Å². The molecule has 1 N–H and O–H groups in total. The molecule has 1 atom stereocenters. The number of hydrogen-bond acceptors (Lipinski definition) is 4. The van der Waals surface area contributed by atoms with Crippen molar-refractivity contribution in [2.45, 2.75) is 26.5 Å². The van der Waals surface area contributed by atoms with Crippen LogP contribution >= 0.6 is 0 Å². The highest BCUT2D eigenvalue weighted by Crippen LogP contribution is 2.24. The van der Waals surface area contributed by atoms with Crippen molar-refractivity contribution in [3.05, 3.63) is 47.5 Å². The van der Waals surface area contributed by atoms with Gasteiger partial charge in [0.1, 0.15) is 17.3 Å². The van der Waals surface area contributed by atoms with Crippen molar-refractivity contribution in [1.29, 1.82) is 0 Å². The molecule has 2 aromatic rings. The van der Waals surface area contributed by atoms with Crippen molar-refractivity contribution in [2.24, 2.45) is 0 Å². The van der Waals surface area contributed by atoms with E-state index < -0.39 is 6.10 Å². The van der Waals surface area contributed by atoms with E-state index in [2.05, 4.69) is 4.98 Å².